The highest BCUT2D eigenvalue weighted by molar-refractivity contribution is 9.08. The van der Waals surface area contributed by atoms with Gasteiger partial charge < -0.3 is 5.32 Å². The van der Waals surface area contributed by atoms with Gasteiger partial charge in [0.05, 0.1) is 4.90 Å². The lowest BCUT2D eigenvalue weighted by Gasteiger charge is -2.33. The first kappa shape index (κ1) is 15.5. The predicted octanol–water partition coefficient (Wildman–Crippen LogP) is 1.48. The summed E-state index contributed by atoms with van der Waals surface area (Å²) >= 11 is 3.32. The van der Waals surface area contributed by atoms with Gasteiger partial charge in [-0.3, -0.25) is 4.79 Å². The molecule has 2 rings (SSSR count). The van der Waals surface area contributed by atoms with Crippen LogP contribution >= 0.6 is 15.9 Å². The Hall–Kier alpha value is -0.920. The molecule has 1 amide bonds. The molecule has 1 aliphatic heterocycles. The monoisotopic (exact) mass is 360 g/mol. The van der Waals surface area contributed by atoms with E-state index in [1.54, 1.807) is 24.3 Å². The van der Waals surface area contributed by atoms with E-state index >= 15 is 0 Å². The minimum Gasteiger partial charge on any atom is -0.353 e. The molecule has 7 heteroatoms. The minimum atomic E-state index is -3.62. The Morgan fingerprint density at radius 3 is 2.55 bits per heavy atom. The summed E-state index contributed by atoms with van der Waals surface area (Å²) in [6, 6.07) is 6.10. The molecule has 0 aliphatic carbocycles. The fourth-order valence-electron chi connectivity index (χ4n) is 2.26. The van der Waals surface area contributed by atoms with Crippen LogP contribution in [0.5, 0.6) is 0 Å². The molecule has 0 spiro atoms. The van der Waals surface area contributed by atoms with Crippen LogP contribution in [0.3, 0.4) is 0 Å². The van der Waals surface area contributed by atoms with E-state index in [4.69, 9.17) is 0 Å². The second-order valence-electron chi connectivity index (χ2n) is 4.61. The standard InChI is InChI=1S/C13H17BrN2O3S/c1-2-12-13(17)15-7-8-16(12)20(18,19)11-5-3-10(9-14)4-6-11/h3-6,12H,2,7-9H2,1H3,(H,15,17). The maximum atomic E-state index is 12.6. The zero-order valence-corrected chi connectivity index (χ0v) is 13.6. The second kappa shape index (κ2) is 6.24. The summed E-state index contributed by atoms with van der Waals surface area (Å²) < 4.78 is 26.6. The van der Waals surface area contributed by atoms with Gasteiger partial charge in [-0.25, -0.2) is 8.42 Å². The Bertz CT molecular complexity index is 586. The molecule has 0 bridgehead atoms. The van der Waals surface area contributed by atoms with Crippen molar-refractivity contribution in [2.45, 2.75) is 29.6 Å². The second-order valence-corrected chi connectivity index (χ2v) is 7.06. The molecule has 1 fully saturated rings. The maximum absolute atomic E-state index is 12.6. The van der Waals surface area contributed by atoms with Crippen LogP contribution in [-0.4, -0.2) is 37.8 Å². The molecule has 1 saturated heterocycles. The molecule has 0 aromatic heterocycles. The highest BCUT2D eigenvalue weighted by Crippen LogP contribution is 2.22. The Labute approximate surface area is 127 Å². The fraction of sp³-hybridized carbons (Fsp3) is 0.462. The molecule has 1 aromatic carbocycles. The molecule has 5 nitrogen and oxygen atoms in total. The number of carbonyl (C=O) groups is 1. The number of sulfonamides is 1. The normalized spacial score (nSPS) is 20.7. The number of piperazine rings is 1. The van der Waals surface area contributed by atoms with E-state index < -0.39 is 16.1 Å². The minimum absolute atomic E-state index is 0.223. The van der Waals surface area contributed by atoms with Crippen molar-refractivity contribution in [3.8, 4) is 0 Å². The van der Waals surface area contributed by atoms with Gasteiger partial charge in [-0.1, -0.05) is 35.0 Å². The van der Waals surface area contributed by atoms with E-state index in [2.05, 4.69) is 21.2 Å². The molecule has 1 atom stereocenters. The van der Waals surface area contributed by atoms with Gasteiger partial charge in [0.2, 0.25) is 15.9 Å². The molecule has 1 unspecified atom stereocenters. The number of amides is 1. The number of nitrogens with zero attached hydrogens (tertiary/aromatic N) is 1. The van der Waals surface area contributed by atoms with Crippen molar-refractivity contribution in [3.05, 3.63) is 29.8 Å². The molecular weight excluding hydrogens is 344 g/mol. The van der Waals surface area contributed by atoms with Gasteiger partial charge in [0.15, 0.2) is 0 Å². The number of hydrogen-bond acceptors (Lipinski definition) is 3. The molecule has 1 heterocycles. The number of halogens is 1. The van der Waals surface area contributed by atoms with Gasteiger partial charge in [0.1, 0.15) is 6.04 Å². The van der Waals surface area contributed by atoms with Crippen LogP contribution < -0.4 is 5.32 Å². The third-order valence-electron chi connectivity index (χ3n) is 3.35. The van der Waals surface area contributed by atoms with Crippen molar-refractivity contribution in [2.24, 2.45) is 0 Å². The van der Waals surface area contributed by atoms with Crippen molar-refractivity contribution in [2.75, 3.05) is 13.1 Å². The summed E-state index contributed by atoms with van der Waals surface area (Å²) in [6.07, 6.45) is 0.463. The fourth-order valence-corrected chi connectivity index (χ4v) is 4.29. The van der Waals surface area contributed by atoms with Crippen molar-refractivity contribution >= 4 is 31.9 Å². The number of benzene rings is 1. The van der Waals surface area contributed by atoms with Crippen LogP contribution in [0.2, 0.25) is 0 Å². The number of carbonyl (C=O) groups excluding carboxylic acids is 1. The largest absolute Gasteiger partial charge is 0.353 e. The molecule has 1 aromatic rings. The molecule has 0 saturated carbocycles. The lowest BCUT2D eigenvalue weighted by molar-refractivity contribution is -0.126. The van der Waals surface area contributed by atoms with Crippen molar-refractivity contribution in [1.82, 2.24) is 9.62 Å². The topological polar surface area (TPSA) is 66.5 Å². The zero-order chi connectivity index (χ0) is 14.8. The van der Waals surface area contributed by atoms with Crippen LogP contribution in [0.4, 0.5) is 0 Å². The van der Waals surface area contributed by atoms with Gasteiger partial charge in [-0.05, 0) is 24.1 Å². The number of rotatable bonds is 4. The van der Waals surface area contributed by atoms with Crippen molar-refractivity contribution in [1.29, 1.82) is 0 Å². The number of nitrogens with one attached hydrogen (secondary N) is 1. The van der Waals surface area contributed by atoms with Crippen molar-refractivity contribution < 1.29 is 13.2 Å². The third-order valence-corrected chi connectivity index (χ3v) is 5.92. The highest BCUT2D eigenvalue weighted by Gasteiger charge is 2.37. The van der Waals surface area contributed by atoms with Crippen LogP contribution in [0, 0.1) is 0 Å². The Kier molecular flexibility index (Phi) is 4.82. The molecule has 110 valence electrons. The summed E-state index contributed by atoms with van der Waals surface area (Å²) in [6.45, 7) is 2.48. The average molecular weight is 361 g/mol. The summed E-state index contributed by atoms with van der Waals surface area (Å²) in [5.74, 6) is -0.223. The maximum Gasteiger partial charge on any atom is 0.243 e. The average Bonchev–Trinajstić information content (AvgIpc) is 2.47. The van der Waals surface area contributed by atoms with Gasteiger partial charge in [0, 0.05) is 18.4 Å². The lowest BCUT2D eigenvalue weighted by Crippen LogP contribution is -2.56. The van der Waals surface area contributed by atoms with Gasteiger partial charge in [0.25, 0.3) is 0 Å². The lowest BCUT2D eigenvalue weighted by atomic mass is 10.2. The van der Waals surface area contributed by atoms with Gasteiger partial charge >= 0.3 is 0 Å². The summed E-state index contributed by atoms with van der Waals surface area (Å²) in [4.78, 5) is 12.0. The quantitative estimate of drug-likeness (QED) is 0.827. The molecule has 1 aliphatic rings. The van der Waals surface area contributed by atoms with E-state index in [0.29, 0.717) is 24.8 Å². The van der Waals surface area contributed by atoms with Crippen molar-refractivity contribution in [3.63, 3.8) is 0 Å². The van der Waals surface area contributed by atoms with E-state index in [1.165, 1.54) is 4.31 Å². The molecule has 1 N–H and O–H groups in total. The number of hydrogen-bond donors (Lipinski definition) is 1. The van der Waals surface area contributed by atoms with Gasteiger partial charge in [-0.15, -0.1) is 0 Å². The molecule has 20 heavy (non-hydrogen) atoms. The Morgan fingerprint density at radius 2 is 2.00 bits per heavy atom. The smallest absolute Gasteiger partial charge is 0.243 e. The van der Waals surface area contributed by atoms with E-state index in [1.807, 2.05) is 6.92 Å². The third kappa shape index (κ3) is 2.89. The predicted molar refractivity (Wildman–Crippen MR) is 80.1 cm³/mol. The highest BCUT2D eigenvalue weighted by atomic mass is 79.9. The first-order valence-corrected chi connectivity index (χ1v) is 9.01. The summed E-state index contributed by atoms with van der Waals surface area (Å²) in [7, 11) is -3.62. The SMILES string of the molecule is CCC1C(=O)NCCN1S(=O)(=O)c1ccc(CBr)cc1. The molecule has 0 radical (unpaired) electrons. The molecular formula is C13H17BrN2O3S. The Balaban J connectivity index is 2.34. The van der Waals surface area contributed by atoms with E-state index in [9.17, 15) is 13.2 Å². The van der Waals surface area contributed by atoms with E-state index in [-0.39, 0.29) is 10.8 Å². The number of alkyl halides is 1. The van der Waals surface area contributed by atoms with E-state index in [0.717, 1.165) is 5.56 Å². The van der Waals surface area contributed by atoms with Crippen LogP contribution in [0.15, 0.2) is 29.2 Å². The van der Waals surface area contributed by atoms with Gasteiger partial charge in [-0.2, -0.15) is 4.31 Å². The summed E-state index contributed by atoms with van der Waals surface area (Å²) in [5.41, 5.74) is 1.01. The van der Waals surface area contributed by atoms with Crippen LogP contribution in [-0.2, 0) is 20.1 Å². The zero-order valence-electron chi connectivity index (χ0n) is 11.2. The first-order valence-electron chi connectivity index (χ1n) is 6.45. The van der Waals surface area contributed by atoms with Crippen LogP contribution in [0.1, 0.15) is 18.9 Å². The van der Waals surface area contributed by atoms with Crippen LogP contribution in [0.25, 0.3) is 0 Å². The Morgan fingerprint density at radius 1 is 1.35 bits per heavy atom. The summed E-state index contributed by atoms with van der Waals surface area (Å²) in [5, 5.41) is 3.38. The first-order chi connectivity index (χ1) is 9.50.